The van der Waals surface area contributed by atoms with Crippen molar-refractivity contribution in [1.29, 1.82) is 0 Å². The summed E-state index contributed by atoms with van der Waals surface area (Å²) in [7, 11) is 0. The summed E-state index contributed by atoms with van der Waals surface area (Å²) in [6.07, 6.45) is 0. The molecule has 0 aliphatic carbocycles. The minimum absolute atomic E-state index is 0.0353. The molecule has 7 heteroatoms. The van der Waals surface area contributed by atoms with E-state index >= 15 is 0 Å². The molecule has 27 heavy (non-hydrogen) atoms. The van der Waals surface area contributed by atoms with Gasteiger partial charge in [-0.3, -0.25) is 0 Å². The lowest BCUT2D eigenvalue weighted by molar-refractivity contribution is 0.0698. The van der Waals surface area contributed by atoms with E-state index in [1.54, 1.807) is 48.5 Å². The van der Waals surface area contributed by atoms with Gasteiger partial charge in [-0.2, -0.15) is 0 Å². The van der Waals surface area contributed by atoms with E-state index in [9.17, 15) is 9.90 Å². The number of benzene rings is 3. The summed E-state index contributed by atoms with van der Waals surface area (Å²) < 4.78 is 0. The number of aromatic carboxylic acids is 1. The Balaban J connectivity index is 2.16. The zero-order chi connectivity index (χ0) is 19.2. The van der Waals surface area contributed by atoms with Crippen LogP contribution in [-0.4, -0.2) is 16.9 Å². The van der Waals surface area contributed by atoms with E-state index < -0.39 is 5.97 Å². The molecule has 0 spiro atoms. The summed E-state index contributed by atoms with van der Waals surface area (Å²) in [5, 5.41) is 18.4. The second-order valence-electron chi connectivity index (χ2n) is 5.39. The Labute approximate surface area is 165 Å². The highest BCUT2D eigenvalue weighted by molar-refractivity contribution is 6.40. The van der Waals surface area contributed by atoms with E-state index in [2.05, 4.69) is 15.2 Å². The predicted octanol–water partition coefficient (Wildman–Crippen LogP) is 6.55. The number of hydrogen-bond donors (Lipinski definition) is 1. The molecule has 3 aromatic carbocycles. The van der Waals surface area contributed by atoms with Gasteiger partial charge >= 0.3 is 5.97 Å². The molecule has 0 heterocycles. The average molecular weight is 398 g/mol. The second kappa shape index (κ2) is 8.58. The number of para-hydroxylation sites is 1. The van der Waals surface area contributed by atoms with Gasteiger partial charge in [-0.1, -0.05) is 59.6 Å². The predicted molar refractivity (Wildman–Crippen MR) is 107 cm³/mol. The molecule has 3 aromatic rings. The third kappa shape index (κ3) is 4.58. The molecule has 0 amide bonds. The number of hydrogen-bond acceptors (Lipinski definition) is 3. The Kier molecular flexibility index (Phi) is 5.96. The van der Waals surface area contributed by atoms with Crippen molar-refractivity contribution in [2.45, 2.75) is 0 Å². The molecule has 0 fully saturated rings. The number of azo groups is 1. The number of amidine groups is 1. The number of rotatable bonds is 4. The van der Waals surface area contributed by atoms with Gasteiger partial charge in [-0.05, 0) is 36.4 Å². The summed E-state index contributed by atoms with van der Waals surface area (Å²) in [5.41, 5.74) is 1.25. The van der Waals surface area contributed by atoms with Crippen molar-refractivity contribution in [3.8, 4) is 0 Å². The van der Waals surface area contributed by atoms with Crippen molar-refractivity contribution in [3.05, 3.63) is 94.0 Å². The normalized spacial score (nSPS) is 11.7. The van der Waals surface area contributed by atoms with Crippen LogP contribution in [0, 0.1) is 0 Å². The van der Waals surface area contributed by atoms with Gasteiger partial charge in [0.1, 0.15) is 0 Å². The van der Waals surface area contributed by atoms with Crippen LogP contribution < -0.4 is 0 Å². The molecular formula is C20H13Cl2N3O2. The van der Waals surface area contributed by atoms with E-state index in [4.69, 9.17) is 23.2 Å². The van der Waals surface area contributed by atoms with Gasteiger partial charge in [0.05, 0.1) is 32.5 Å². The summed E-state index contributed by atoms with van der Waals surface area (Å²) in [5.74, 6) is -0.984. The molecule has 5 nitrogen and oxygen atoms in total. The van der Waals surface area contributed by atoms with E-state index in [0.717, 1.165) is 0 Å². The van der Waals surface area contributed by atoms with Gasteiger partial charge in [0.2, 0.25) is 0 Å². The zero-order valence-corrected chi connectivity index (χ0v) is 15.4. The molecule has 0 bridgehead atoms. The fourth-order valence-electron chi connectivity index (χ4n) is 2.31. The molecule has 0 saturated heterocycles. The lowest BCUT2D eigenvalue weighted by atomic mass is 10.1. The molecule has 0 aliphatic rings. The first-order valence-electron chi connectivity index (χ1n) is 7.88. The molecule has 0 unspecified atom stereocenters. The Morgan fingerprint density at radius 1 is 0.815 bits per heavy atom. The number of nitrogens with zero attached hydrogens (tertiary/aromatic N) is 3. The van der Waals surface area contributed by atoms with Crippen molar-refractivity contribution < 1.29 is 9.90 Å². The molecule has 0 radical (unpaired) electrons. The highest BCUT2D eigenvalue weighted by Crippen LogP contribution is 2.29. The zero-order valence-electron chi connectivity index (χ0n) is 13.9. The number of carboxylic acid groups (broad SMARTS) is 1. The highest BCUT2D eigenvalue weighted by Gasteiger charge is 2.15. The SMILES string of the molecule is O=C(O)c1ccccc1N=C(N=Nc1ccccc1)c1c(Cl)cccc1Cl. The summed E-state index contributed by atoms with van der Waals surface area (Å²) in [6, 6.07) is 20.4. The van der Waals surface area contributed by atoms with E-state index in [0.29, 0.717) is 21.3 Å². The second-order valence-corrected chi connectivity index (χ2v) is 6.20. The van der Waals surface area contributed by atoms with E-state index in [-0.39, 0.29) is 17.1 Å². The lowest BCUT2D eigenvalue weighted by Crippen LogP contribution is -2.01. The average Bonchev–Trinajstić information content (AvgIpc) is 2.67. The minimum atomic E-state index is -1.10. The molecule has 134 valence electrons. The van der Waals surface area contributed by atoms with E-state index in [1.165, 1.54) is 6.07 Å². The van der Waals surface area contributed by atoms with Crippen molar-refractivity contribution in [2.24, 2.45) is 15.2 Å². The molecule has 1 N–H and O–H groups in total. The van der Waals surface area contributed by atoms with Gasteiger partial charge in [0.25, 0.3) is 0 Å². The maximum absolute atomic E-state index is 11.5. The fourth-order valence-corrected chi connectivity index (χ4v) is 2.87. The third-order valence-corrected chi connectivity index (χ3v) is 4.19. The van der Waals surface area contributed by atoms with Crippen LogP contribution in [0.3, 0.4) is 0 Å². The first kappa shape index (κ1) is 18.8. The van der Waals surface area contributed by atoms with Crippen LogP contribution in [-0.2, 0) is 0 Å². The van der Waals surface area contributed by atoms with Gasteiger partial charge in [-0.25, -0.2) is 9.79 Å². The summed E-state index contributed by atoms with van der Waals surface area (Å²) in [6.45, 7) is 0. The van der Waals surface area contributed by atoms with Crippen molar-refractivity contribution in [2.75, 3.05) is 0 Å². The summed E-state index contributed by atoms with van der Waals surface area (Å²) in [4.78, 5) is 15.9. The van der Waals surface area contributed by atoms with E-state index in [1.807, 2.05) is 18.2 Å². The number of carbonyl (C=O) groups is 1. The van der Waals surface area contributed by atoms with Gasteiger partial charge in [0.15, 0.2) is 5.84 Å². The molecule has 0 atom stereocenters. The Morgan fingerprint density at radius 3 is 2.11 bits per heavy atom. The minimum Gasteiger partial charge on any atom is -0.478 e. The lowest BCUT2D eigenvalue weighted by Gasteiger charge is -2.07. The molecular weight excluding hydrogens is 385 g/mol. The smallest absolute Gasteiger partial charge is 0.337 e. The standard InChI is InChI=1S/C20H13Cl2N3O2/c21-15-10-6-11-16(22)18(15)19(25-24-13-7-2-1-3-8-13)23-17-12-5-4-9-14(17)20(26)27/h1-12H,(H,26,27). The van der Waals surface area contributed by atoms with Crippen LogP contribution in [0.5, 0.6) is 0 Å². The fraction of sp³-hybridized carbons (Fsp3) is 0. The quantitative estimate of drug-likeness (QED) is 0.307. The van der Waals surface area contributed by atoms with Gasteiger partial charge in [0, 0.05) is 0 Å². The van der Waals surface area contributed by atoms with Crippen LogP contribution in [0.2, 0.25) is 10.0 Å². The molecule has 3 rings (SSSR count). The Morgan fingerprint density at radius 2 is 1.44 bits per heavy atom. The van der Waals surface area contributed by atoms with Gasteiger partial charge < -0.3 is 5.11 Å². The van der Waals surface area contributed by atoms with Crippen molar-refractivity contribution in [1.82, 2.24) is 0 Å². The monoisotopic (exact) mass is 397 g/mol. The van der Waals surface area contributed by atoms with Crippen molar-refractivity contribution >= 4 is 46.4 Å². The van der Waals surface area contributed by atoms with Crippen LogP contribution in [0.1, 0.15) is 15.9 Å². The number of aliphatic imine (C=N–C) groups is 1. The van der Waals surface area contributed by atoms with Crippen LogP contribution in [0.4, 0.5) is 11.4 Å². The third-order valence-electron chi connectivity index (χ3n) is 3.56. The number of halogens is 2. The Hall–Kier alpha value is -3.02. The maximum atomic E-state index is 11.5. The van der Waals surface area contributed by atoms with Crippen LogP contribution in [0.25, 0.3) is 0 Å². The molecule has 0 saturated carbocycles. The van der Waals surface area contributed by atoms with Crippen molar-refractivity contribution in [3.63, 3.8) is 0 Å². The Bertz CT molecular complexity index is 1010. The maximum Gasteiger partial charge on any atom is 0.337 e. The first-order valence-corrected chi connectivity index (χ1v) is 8.64. The topological polar surface area (TPSA) is 74.4 Å². The van der Waals surface area contributed by atoms with Crippen LogP contribution in [0.15, 0.2) is 88.0 Å². The highest BCUT2D eigenvalue weighted by atomic mass is 35.5. The van der Waals surface area contributed by atoms with Gasteiger partial charge in [-0.15, -0.1) is 10.2 Å². The molecule has 0 aromatic heterocycles. The first-order chi connectivity index (χ1) is 13.1. The molecule has 0 aliphatic heterocycles. The number of carboxylic acids is 1. The van der Waals surface area contributed by atoms with Crippen LogP contribution >= 0.6 is 23.2 Å². The largest absolute Gasteiger partial charge is 0.478 e. The summed E-state index contributed by atoms with van der Waals surface area (Å²) >= 11 is 12.6.